The molecule has 9 nitrogen and oxygen atoms in total. The quantitative estimate of drug-likeness (QED) is 0.325. The van der Waals surface area contributed by atoms with Crippen LogP contribution in [-0.2, 0) is 19.1 Å². The Morgan fingerprint density at radius 3 is 2.55 bits per heavy atom. The van der Waals surface area contributed by atoms with Gasteiger partial charge in [-0.05, 0) is 23.3 Å². The van der Waals surface area contributed by atoms with Gasteiger partial charge in [0.2, 0.25) is 11.8 Å². The fourth-order valence-electron chi connectivity index (χ4n) is 4.95. The summed E-state index contributed by atoms with van der Waals surface area (Å²) in [6.07, 6.45) is 3.57. The van der Waals surface area contributed by atoms with Gasteiger partial charge in [0.15, 0.2) is 0 Å². The van der Waals surface area contributed by atoms with Crippen LogP contribution in [0.3, 0.4) is 0 Å². The molecule has 2 amide bonds. The summed E-state index contributed by atoms with van der Waals surface area (Å²) in [4.78, 5) is 53.0. The number of amides is 2. The molecule has 0 unspecified atom stereocenters. The van der Waals surface area contributed by atoms with E-state index in [-0.39, 0.29) is 11.4 Å². The van der Waals surface area contributed by atoms with Crippen molar-refractivity contribution in [3.8, 4) is 0 Å². The minimum Gasteiger partial charge on any atom is -0.467 e. The van der Waals surface area contributed by atoms with Gasteiger partial charge >= 0.3 is 5.97 Å². The van der Waals surface area contributed by atoms with Crippen molar-refractivity contribution in [2.75, 3.05) is 12.0 Å². The molecule has 0 radical (unpaired) electrons. The van der Waals surface area contributed by atoms with Gasteiger partial charge in [0.1, 0.15) is 6.04 Å². The molecule has 2 aromatic carbocycles. The number of carbonyl (C=O) groups excluding carboxylic acids is 3. The Labute approximate surface area is 176 Å². The minimum absolute atomic E-state index is 0.119. The molecule has 3 heterocycles. The second-order valence-corrected chi connectivity index (χ2v) is 7.65. The highest BCUT2D eigenvalue weighted by Crippen LogP contribution is 2.53. The predicted molar refractivity (Wildman–Crippen MR) is 108 cm³/mol. The number of nitro benzene ring substituents is 1. The predicted octanol–water partition coefficient (Wildman–Crippen LogP) is 2.28. The van der Waals surface area contributed by atoms with E-state index < -0.39 is 46.6 Å². The molecule has 0 saturated carbocycles. The van der Waals surface area contributed by atoms with Gasteiger partial charge in [-0.25, -0.2) is 9.69 Å². The Hall–Kier alpha value is -4.01. The fourth-order valence-corrected chi connectivity index (χ4v) is 4.95. The van der Waals surface area contributed by atoms with E-state index in [1.54, 1.807) is 11.1 Å². The third-order valence-electron chi connectivity index (χ3n) is 6.20. The second-order valence-electron chi connectivity index (χ2n) is 7.65. The number of benzene rings is 2. The third-order valence-corrected chi connectivity index (χ3v) is 6.20. The van der Waals surface area contributed by atoms with E-state index in [9.17, 15) is 24.5 Å². The summed E-state index contributed by atoms with van der Waals surface area (Å²) in [5.74, 6) is -3.43. The monoisotopic (exact) mass is 419 g/mol. The molecule has 2 aromatic rings. The third kappa shape index (κ3) is 2.59. The number of hydrogen-bond donors (Lipinski definition) is 0. The van der Waals surface area contributed by atoms with Crippen LogP contribution in [0.1, 0.15) is 17.2 Å². The molecule has 5 rings (SSSR count). The summed E-state index contributed by atoms with van der Waals surface area (Å²) in [5, 5.41) is 11.2. The molecule has 3 aliphatic heterocycles. The normalized spacial score (nSPS) is 25.8. The van der Waals surface area contributed by atoms with Crippen LogP contribution in [0.15, 0.2) is 54.7 Å². The maximum Gasteiger partial charge on any atom is 0.329 e. The van der Waals surface area contributed by atoms with Crippen molar-refractivity contribution < 1.29 is 24.0 Å². The summed E-state index contributed by atoms with van der Waals surface area (Å²) in [6.45, 7) is 0. The van der Waals surface area contributed by atoms with Crippen molar-refractivity contribution >= 4 is 35.2 Å². The van der Waals surface area contributed by atoms with Crippen molar-refractivity contribution in [3.63, 3.8) is 0 Å². The molecule has 0 aromatic heterocycles. The van der Waals surface area contributed by atoms with Crippen LogP contribution in [0.25, 0.3) is 6.08 Å². The lowest BCUT2D eigenvalue weighted by Gasteiger charge is -2.34. The first-order valence-electron chi connectivity index (χ1n) is 9.68. The van der Waals surface area contributed by atoms with Gasteiger partial charge in [-0.3, -0.25) is 19.7 Å². The van der Waals surface area contributed by atoms with E-state index in [0.29, 0.717) is 0 Å². The topological polar surface area (TPSA) is 110 Å². The number of carbonyl (C=O) groups is 3. The summed E-state index contributed by atoms with van der Waals surface area (Å²) in [6, 6.07) is 11.4. The van der Waals surface area contributed by atoms with Gasteiger partial charge in [0.25, 0.3) is 5.69 Å². The Bertz CT molecular complexity index is 1180. The number of rotatable bonds is 3. The number of ether oxygens (including phenoxy) is 1. The van der Waals surface area contributed by atoms with Crippen molar-refractivity contribution in [1.29, 1.82) is 0 Å². The molecule has 4 atom stereocenters. The molecular weight excluding hydrogens is 402 g/mol. The van der Waals surface area contributed by atoms with E-state index in [2.05, 4.69) is 0 Å². The highest BCUT2D eigenvalue weighted by molar-refractivity contribution is 6.24. The Morgan fingerprint density at radius 1 is 1.06 bits per heavy atom. The molecule has 0 bridgehead atoms. The molecular formula is C22H17N3O6. The molecule has 0 spiro atoms. The number of imide groups is 1. The maximum atomic E-state index is 13.5. The zero-order valence-electron chi connectivity index (χ0n) is 16.4. The van der Waals surface area contributed by atoms with Crippen LogP contribution < -0.4 is 4.90 Å². The molecule has 31 heavy (non-hydrogen) atoms. The van der Waals surface area contributed by atoms with E-state index in [0.717, 1.165) is 16.0 Å². The van der Waals surface area contributed by atoms with Gasteiger partial charge < -0.3 is 9.64 Å². The highest BCUT2D eigenvalue weighted by atomic mass is 16.6. The number of nitro groups is 1. The van der Waals surface area contributed by atoms with Gasteiger partial charge in [0.05, 0.1) is 35.6 Å². The number of hydrogen-bond acceptors (Lipinski definition) is 7. The minimum atomic E-state index is -0.968. The number of methoxy groups -OCH3 is 1. The Balaban J connectivity index is 1.64. The zero-order valence-corrected chi connectivity index (χ0v) is 16.4. The molecule has 2 saturated heterocycles. The lowest BCUT2D eigenvalue weighted by molar-refractivity contribution is -0.384. The molecule has 2 fully saturated rings. The van der Waals surface area contributed by atoms with Gasteiger partial charge in [0, 0.05) is 18.3 Å². The van der Waals surface area contributed by atoms with Crippen molar-refractivity contribution in [1.82, 2.24) is 4.90 Å². The van der Waals surface area contributed by atoms with Gasteiger partial charge in [-0.2, -0.15) is 0 Å². The van der Waals surface area contributed by atoms with Crippen LogP contribution in [0.4, 0.5) is 11.4 Å². The average molecular weight is 419 g/mol. The summed E-state index contributed by atoms with van der Waals surface area (Å²) in [7, 11) is 1.24. The van der Waals surface area contributed by atoms with Crippen LogP contribution >= 0.6 is 0 Å². The standard InChI is InChI=1S/C22H17N3O6/c1-31-22(28)19-17-16(18-15-8-3-2-5-12(15)9-10-23(18)19)20(26)24(21(17)27)13-6-4-7-14(11-13)25(29)30/h2-11,16-19H,1H3/t16-,17+,18+,19-/m0/s1. The highest BCUT2D eigenvalue weighted by Gasteiger charge is 2.65. The maximum absolute atomic E-state index is 13.5. The molecule has 3 aliphatic rings. The van der Waals surface area contributed by atoms with Crippen LogP contribution in [0.5, 0.6) is 0 Å². The lowest BCUT2D eigenvalue weighted by atomic mass is 9.84. The SMILES string of the molecule is COC(=O)[C@@H]1[C@@H]2C(=O)N(c3cccc([N+](=O)[O-])c3)C(=O)[C@@H]2[C@H]2c3ccccc3C=CN12. The van der Waals surface area contributed by atoms with E-state index in [1.807, 2.05) is 30.3 Å². The first-order chi connectivity index (χ1) is 14.9. The number of fused-ring (bicyclic) bond motifs is 5. The van der Waals surface area contributed by atoms with E-state index in [4.69, 9.17) is 4.74 Å². The average Bonchev–Trinajstić information content (AvgIpc) is 3.26. The fraction of sp³-hybridized carbons (Fsp3) is 0.227. The van der Waals surface area contributed by atoms with Gasteiger partial charge in [-0.15, -0.1) is 0 Å². The number of esters is 1. The van der Waals surface area contributed by atoms with Crippen LogP contribution in [0.2, 0.25) is 0 Å². The van der Waals surface area contributed by atoms with E-state index in [1.165, 1.54) is 31.4 Å². The second kappa shape index (κ2) is 6.76. The van der Waals surface area contributed by atoms with E-state index >= 15 is 0 Å². The Morgan fingerprint density at radius 2 is 1.81 bits per heavy atom. The number of non-ortho nitro benzene ring substituents is 1. The van der Waals surface area contributed by atoms with Crippen molar-refractivity contribution in [2.24, 2.45) is 11.8 Å². The molecule has 0 aliphatic carbocycles. The van der Waals surface area contributed by atoms with Crippen LogP contribution in [0, 0.1) is 22.0 Å². The molecule has 9 heteroatoms. The summed E-state index contributed by atoms with van der Waals surface area (Å²) >= 11 is 0. The molecule has 156 valence electrons. The first kappa shape index (κ1) is 19.0. The zero-order chi connectivity index (χ0) is 21.9. The number of anilines is 1. The lowest BCUT2D eigenvalue weighted by Crippen LogP contribution is -2.44. The van der Waals surface area contributed by atoms with Crippen LogP contribution in [-0.4, -0.2) is 40.8 Å². The van der Waals surface area contributed by atoms with Crippen molar-refractivity contribution in [3.05, 3.63) is 76.0 Å². The summed E-state index contributed by atoms with van der Waals surface area (Å²) < 4.78 is 4.97. The van der Waals surface area contributed by atoms with Crippen molar-refractivity contribution in [2.45, 2.75) is 12.1 Å². The smallest absolute Gasteiger partial charge is 0.329 e. The first-order valence-corrected chi connectivity index (χ1v) is 9.68. The van der Waals surface area contributed by atoms with Gasteiger partial charge in [-0.1, -0.05) is 30.3 Å². The summed E-state index contributed by atoms with van der Waals surface area (Å²) in [5.41, 5.74) is 1.64. The molecule has 0 N–H and O–H groups in total. The Kier molecular flexibility index (Phi) is 4.14. The number of nitrogens with zero attached hydrogens (tertiary/aromatic N) is 3. The largest absolute Gasteiger partial charge is 0.467 e.